The molecule has 1 unspecified atom stereocenters. The highest BCUT2D eigenvalue weighted by molar-refractivity contribution is 6.52. The second kappa shape index (κ2) is 9.17. The van der Waals surface area contributed by atoms with Crippen LogP contribution in [0.5, 0.6) is 11.5 Å². The Morgan fingerprint density at radius 2 is 1.62 bits per heavy atom. The number of methoxy groups -OCH3 is 2. The lowest BCUT2D eigenvalue weighted by Crippen LogP contribution is -2.29. The quantitative estimate of drug-likeness (QED) is 0.226. The largest absolute Gasteiger partial charge is 0.507 e. The summed E-state index contributed by atoms with van der Waals surface area (Å²) in [7, 11) is 4.91. The van der Waals surface area contributed by atoms with Gasteiger partial charge in [0.15, 0.2) is 0 Å². The van der Waals surface area contributed by atoms with E-state index in [4.69, 9.17) is 9.47 Å². The molecule has 2 heterocycles. The zero-order valence-corrected chi connectivity index (χ0v) is 21.4. The minimum absolute atomic E-state index is 0.00735. The number of hydrogen-bond donors (Lipinski definition) is 1. The van der Waals surface area contributed by atoms with Gasteiger partial charge in [-0.05, 0) is 61.4 Å². The third-order valence-corrected chi connectivity index (χ3v) is 6.81. The van der Waals surface area contributed by atoms with Crippen LogP contribution in [0.2, 0.25) is 0 Å². The molecule has 1 fully saturated rings. The fourth-order valence-electron chi connectivity index (χ4n) is 5.22. The van der Waals surface area contributed by atoms with E-state index in [1.165, 1.54) is 19.1 Å². The second-order valence-electron chi connectivity index (χ2n) is 9.29. The molecule has 188 valence electrons. The van der Waals surface area contributed by atoms with Gasteiger partial charge >= 0.3 is 0 Å². The molecule has 0 radical (unpaired) electrons. The third kappa shape index (κ3) is 3.93. The Morgan fingerprint density at radius 1 is 0.919 bits per heavy atom. The summed E-state index contributed by atoms with van der Waals surface area (Å²) in [6.45, 7) is 3.89. The molecule has 1 N–H and O–H groups in total. The normalized spacial score (nSPS) is 17.0. The van der Waals surface area contributed by atoms with Gasteiger partial charge in [-0.1, -0.05) is 24.3 Å². The molecular weight excluding hydrogens is 468 g/mol. The van der Waals surface area contributed by atoms with Crippen LogP contribution in [0, 0.1) is 13.8 Å². The second-order valence-corrected chi connectivity index (χ2v) is 9.29. The van der Waals surface area contributed by atoms with Crippen LogP contribution in [0.1, 0.15) is 28.3 Å². The number of ketones is 1. The average molecular weight is 497 g/mol. The highest BCUT2D eigenvalue weighted by atomic mass is 16.5. The average Bonchev–Trinajstić information content (AvgIpc) is 3.35. The van der Waals surface area contributed by atoms with Crippen LogP contribution in [0.15, 0.2) is 72.4 Å². The molecule has 1 aromatic heterocycles. The fourth-order valence-corrected chi connectivity index (χ4v) is 5.22. The summed E-state index contributed by atoms with van der Waals surface area (Å²) in [6.07, 6.45) is 1.91. The fraction of sp³-hybridized carbons (Fsp3) is 0.200. The van der Waals surface area contributed by atoms with Crippen molar-refractivity contribution < 1.29 is 24.2 Å². The first kappa shape index (κ1) is 24.2. The van der Waals surface area contributed by atoms with Crippen LogP contribution >= 0.6 is 0 Å². The van der Waals surface area contributed by atoms with Crippen LogP contribution in [0.4, 0.5) is 5.69 Å². The van der Waals surface area contributed by atoms with E-state index in [1.807, 2.05) is 74.1 Å². The number of hydrogen-bond acceptors (Lipinski definition) is 5. The number of rotatable bonds is 5. The van der Waals surface area contributed by atoms with Gasteiger partial charge in [0.25, 0.3) is 11.7 Å². The van der Waals surface area contributed by atoms with Gasteiger partial charge in [-0.15, -0.1) is 0 Å². The maximum absolute atomic E-state index is 13.7. The molecule has 7 heteroatoms. The van der Waals surface area contributed by atoms with Crippen molar-refractivity contribution in [3.63, 3.8) is 0 Å². The monoisotopic (exact) mass is 496 g/mol. The summed E-state index contributed by atoms with van der Waals surface area (Å²) >= 11 is 0. The minimum Gasteiger partial charge on any atom is -0.507 e. The topological polar surface area (TPSA) is 81.0 Å². The van der Waals surface area contributed by atoms with E-state index in [-0.39, 0.29) is 16.9 Å². The standard InChI is InChI=1S/C30H28N2O5/c1-17-12-18(2)14-19(13-17)32-27(23-16-31(3)24-9-7-6-8-21(23)24)26(29(34)30(32)35)28(33)22-15-20(36-4)10-11-25(22)37-5/h6-16,27,33H,1-5H3/b28-26+. The van der Waals surface area contributed by atoms with E-state index in [0.29, 0.717) is 17.2 Å². The van der Waals surface area contributed by atoms with Crippen LogP contribution in [0.25, 0.3) is 16.7 Å². The molecule has 7 nitrogen and oxygen atoms in total. The molecule has 1 amide bonds. The summed E-state index contributed by atoms with van der Waals surface area (Å²) in [5.41, 5.74) is 4.46. The number of Topliss-reactive ketones (excluding diaryl/α,β-unsaturated/α-hetero) is 1. The SMILES string of the molecule is COc1ccc(OC)c(/C(O)=C2\C(=O)C(=O)N(c3cc(C)cc(C)c3)C2c2cn(C)c3ccccc23)c1. The van der Waals surface area contributed by atoms with Crippen molar-refractivity contribution in [2.75, 3.05) is 19.1 Å². The summed E-state index contributed by atoms with van der Waals surface area (Å²) in [6, 6.07) is 17.6. The van der Waals surface area contributed by atoms with Gasteiger partial charge in [-0.25, -0.2) is 0 Å². The molecular formula is C30H28N2O5. The Hall–Kier alpha value is -4.52. The van der Waals surface area contributed by atoms with Gasteiger partial charge in [-0.2, -0.15) is 0 Å². The molecule has 0 bridgehead atoms. The number of aromatic nitrogens is 1. The van der Waals surface area contributed by atoms with Crippen LogP contribution in [-0.4, -0.2) is 35.6 Å². The molecule has 37 heavy (non-hydrogen) atoms. The van der Waals surface area contributed by atoms with E-state index in [2.05, 4.69) is 0 Å². The van der Waals surface area contributed by atoms with Crippen molar-refractivity contribution in [2.45, 2.75) is 19.9 Å². The van der Waals surface area contributed by atoms with Gasteiger partial charge in [0, 0.05) is 35.4 Å². The van der Waals surface area contributed by atoms with Crippen molar-refractivity contribution in [1.29, 1.82) is 0 Å². The summed E-state index contributed by atoms with van der Waals surface area (Å²) in [5, 5.41) is 12.5. The van der Waals surface area contributed by atoms with Gasteiger partial charge in [0.2, 0.25) is 0 Å². The number of fused-ring (bicyclic) bond motifs is 1. The number of nitrogens with zero attached hydrogens (tertiary/aromatic N) is 2. The number of aliphatic hydroxyl groups is 1. The molecule has 0 aliphatic carbocycles. The number of para-hydroxylation sites is 1. The van der Waals surface area contributed by atoms with Crippen LogP contribution in [-0.2, 0) is 16.6 Å². The van der Waals surface area contributed by atoms with E-state index in [1.54, 1.807) is 18.2 Å². The summed E-state index contributed by atoms with van der Waals surface area (Å²) < 4.78 is 12.8. The number of anilines is 1. The lowest BCUT2D eigenvalue weighted by atomic mass is 9.94. The molecule has 0 spiro atoms. The number of aryl methyl sites for hydroxylation is 3. The molecule has 3 aromatic carbocycles. The number of carbonyl (C=O) groups excluding carboxylic acids is 2. The van der Waals surface area contributed by atoms with E-state index < -0.39 is 17.7 Å². The number of carbonyl (C=O) groups is 2. The number of amides is 1. The van der Waals surface area contributed by atoms with E-state index in [0.717, 1.165) is 27.6 Å². The van der Waals surface area contributed by atoms with Gasteiger partial charge < -0.3 is 19.1 Å². The third-order valence-electron chi connectivity index (χ3n) is 6.81. The lowest BCUT2D eigenvalue weighted by Gasteiger charge is -2.26. The first-order chi connectivity index (χ1) is 17.7. The van der Waals surface area contributed by atoms with Crippen molar-refractivity contribution in [2.24, 2.45) is 7.05 Å². The first-order valence-electron chi connectivity index (χ1n) is 11.9. The predicted octanol–water partition coefficient (Wildman–Crippen LogP) is 5.44. The van der Waals surface area contributed by atoms with Crippen molar-refractivity contribution >= 4 is 34.0 Å². The van der Waals surface area contributed by atoms with Crippen molar-refractivity contribution in [1.82, 2.24) is 4.57 Å². The summed E-state index contributed by atoms with van der Waals surface area (Å²) in [4.78, 5) is 28.8. The zero-order chi connectivity index (χ0) is 26.4. The number of benzene rings is 3. The Bertz CT molecular complexity index is 1580. The lowest BCUT2D eigenvalue weighted by molar-refractivity contribution is -0.132. The number of ether oxygens (including phenoxy) is 2. The van der Waals surface area contributed by atoms with Gasteiger partial charge in [0.1, 0.15) is 17.3 Å². The van der Waals surface area contributed by atoms with Crippen LogP contribution < -0.4 is 14.4 Å². The molecule has 1 atom stereocenters. The predicted molar refractivity (Wildman–Crippen MR) is 143 cm³/mol. The number of aliphatic hydroxyl groups excluding tert-OH is 1. The molecule has 1 saturated heterocycles. The maximum atomic E-state index is 13.7. The smallest absolute Gasteiger partial charge is 0.300 e. The van der Waals surface area contributed by atoms with Crippen molar-refractivity contribution in [3.8, 4) is 11.5 Å². The zero-order valence-electron chi connectivity index (χ0n) is 21.4. The maximum Gasteiger partial charge on any atom is 0.300 e. The molecule has 0 saturated carbocycles. The first-order valence-corrected chi connectivity index (χ1v) is 11.9. The minimum atomic E-state index is -0.858. The summed E-state index contributed by atoms with van der Waals surface area (Å²) in [5.74, 6) is -0.954. The van der Waals surface area contributed by atoms with Gasteiger partial charge in [0.05, 0.1) is 31.4 Å². The van der Waals surface area contributed by atoms with Crippen LogP contribution in [0.3, 0.4) is 0 Å². The molecule has 5 rings (SSSR count). The Kier molecular flexibility index (Phi) is 5.99. The van der Waals surface area contributed by atoms with Crippen molar-refractivity contribution in [3.05, 3.63) is 94.7 Å². The molecule has 1 aliphatic rings. The van der Waals surface area contributed by atoms with Gasteiger partial charge in [-0.3, -0.25) is 14.5 Å². The molecule has 4 aromatic rings. The Morgan fingerprint density at radius 3 is 2.30 bits per heavy atom. The van der Waals surface area contributed by atoms with E-state index >= 15 is 0 Å². The highest BCUT2D eigenvalue weighted by Gasteiger charge is 2.48. The highest BCUT2D eigenvalue weighted by Crippen LogP contribution is 2.46. The Labute approximate surface area is 215 Å². The molecule has 1 aliphatic heterocycles. The van der Waals surface area contributed by atoms with E-state index in [9.17, 15) is 14.7 Å². The Balaban J connectivity index is 1.84.